The van der Waals surface area contributed by atoms with Gasteiger partial charge in [0.25, 0.3) is 0 Å². The number of ether oxygens (including phenoxy) is 1. The van der Waals surface area contributed by atoms with Crippen molar-refractivity contribution in [3.8, 4) is 5.75 Å². The largest absolute Gasteiger partial charge is 0.496 e. The lowest BCUT2D eigenvalue weighted by atomic mass is 10.1. The summed E-state index contributed by atoms with van der Waals surface area (Å²) in [5, 5.41) is 5.98. The average molecular weight is 287 g/mol. The van der Waals surface area contributed by atoms with Crippen molar-refractivity contribution in [3.05, 3.63) is 29.8 Å². The van der Waals surface area contributed by atoms with Crippen LogP contribution in [0.4, 0.5) is 0 Å². The Morgan fingerprint density at radius 2 is 2.05 bits per heavy atom. The number of hydrogen-bond donors (Lipinski definition) is 2. The smallest absolute Gasteiger partial charge is 0.220 e. The molecule has 5 heteroatoms. The van der Waals surface area contributed by atoms with Crippen molar-refractivity contribution >= 4 is 18.3 Å². The van der Waals surface area contributed by atoms with Gasteiger partial charge in [-0.25, -0.2) is 0 Å². The molecule has 0 spiro atoms. The number of methoxy groups -OCH3 is 1. The zero-order chi connectivity index (χ0) is 13.4. The fourth-order valence-electron chi connectivity index (χ4n) is 1.62. The van der Waals surface area contributed by atoms with E-state index in [-0.39, 0.29) is 18.3 Å². The first-order valence-corrected chi connectivity index (χ1v) is 6.23. The molecule has 1 unspecified atom stereocenters. The predicted molar refractivity (Wildman–Crippen MR) is 80.1 cm³/mol. The molecule has 0 aromatic heterocycles. The summed E-state index contributed by atoms with van der Waals surface area (Å²) in [6, 6.07) is 8.08. The van der Waals surface area contributed by atoms with Gasteiger partial charge in [0.15, 0.2) is 0 Å². The number of hydrogen-bond acceptors (Lipinski definition) is 3. The summed E-state index contributed by atoms with van der Waals surface area (Å²) >= 11 is 0. The van der Waals surface area contributed by atoms with E-state index in [4.69, 9.17) is 4.74 Å². The lowest BCUT2D eigenvalue weighted by Gasteiger charge is -2.12. The first-order chi connectivity index (χ1) is 8.67. The second-order valence-electron chi connectivity index (χ2n) is 4.31. The number of para-hydroxylation sites is 1. The van der Waals surface area contributed by atoms with E-state index >= 15 is 0 Å². The summed E-state index contributed by atoms with van der Waals surface area (Å²) in [7, 11) is 3.53. The first kappa shape index (κ1) is 17.7. The minimum absolute atomic E-state index is 0. The number of rotatable bonds is 7. The van der Waals surface area contributed by atoms with Crippen LogP contribution in [0.1, 0.15) is 18.9 Å². The third-order valence-electron chi connectivity index (χ3n) is 2.91. The lowest BCUT2D eigenvalue weighted by molar-refractivity contribution is -0.121. The predicted octanol–water partition coefficient (Wildman–Crippen LogP) is 1.77. The number of carbonyl (C=O) groups is 1. The zero-order valence-corrected chi connectivity index (χ0v) is 12.5. The summed E-state index contributed by atoms with van der Waals surface area (Å²) in [5.41, 5.74) is 1.07. The highest BCUT2D eigenvalue weighted by Crippen LogP contribution is 2.18. The van der Waals surface area contributed by atoms with Gasteiger partial charge in [0.2, 0.25) is 5.91 Å². The van der Waals surface area contributed by atoms with Crippen molar-refractivity contribution in [1.29, 1.82) is 0 Å². The Labute approximate surface area is 121 Å². The van der Waals surface area contributed by atoms with Gasteiger partial charge in [-0.3, -0.25) is 4.79 Å². The summed E-state index contributed by atoms with van der Waals surface area (Å²) < 4.78 is 5.25. The molecule has 1 aromatic carbocycles. The summed E-state index contributed by atoms with van der Waals surface area (Å²) in [4.78, 5) is 11.7. The van der Waals surface area contributed by atoms with Gasteiger partial charge in [-0.2, -0.15) is 0 Å². The van der Waals surface area contributed by atoms with Gasteiger partial charge in [0, 0.05) is 19.0 Å². The van der Waals surface area contributed by atoms with Crippen LogP contribution in [0.2, 0.25) is 0 Å². The third-order valence-corrected chi connectivity index (χ3v) is 2.91. The number of likely N-dealkylation sites (N-methyl/N-ethyl adjacent to an activating group) is 1. The van der Waals surface area contributed by atoms with Crippen LogP contribution >= 0.6 is 12.4 Å². The van der Waals surface area contributed by atoms with Crippen LogP contribution in [0.15, 0.2) is 24.3 Å². The molecule has 0 aliphatic carbocycles. The SMILES string of the molecule is CNC(C)CNC(=O)CCc1ccccc1OC.Cl. The van der Waals surface area contributed by atoms with Gasteiger partial charge in [0.1, 0.15) is 5.75 Å². The quantitative estimate of drug-likeness (QED) is 0.803. The second kappa shape index (κ2) is 9.64. The Kier molecular flexibility index (Phi) is 9.00. The van der Waals surface area contributed by atoms with E-state index in [1.807, 2.05) is 38.2 Å². The maximum atomic E-state index is 11.7. The molecule has 1 rings (SSSR count). The molecule has 108 valence electrons. The fraction of sp³-hybridized carbons (Fsp3) is 0.500. The maximum absolute atomic E-state index is 11.7. The van der Waals surface area contributed by atoms with E-state index in [1.54, 1.807) is 7.11 Å². The maximum Gasteiger partial charge on any atom is 0.220 e. The summed E-state index contributed by atoms with van der Waals surface area (Å²) in [5.74, 6) is 0.914. The molecule has 1 aromatic rings. The third kappa shape index (κ3) is 6.45. The standard InChI is InChI=1S/C14H22N2O2.ClH/c1-11(15-2)10-16-14(17)9-8-12-6-4-5-7-13(12)18-3;/h4-7,11,15H,8-10H2,1-3H3,(H,16,17);1H. The number of amides is 1. The van der Waals surface area contributed by atoms with Crippen molar-refractivity contribution in [1.82, 2.24) is 10.6 Å². The van der Waals surface area contributed by atoms with E-state index in [2.05, 4.69) is 10.6 Å². The molecule has 1 atom stereocenters. The van der Waals surface area contributed by atoms with Crippen LogP contribution < -0.4 is 15.4 Å². The lowest BCUT2D eigenvalue weighted by Crippen LogP contribution is -2.37. The highest BCUT2D eigenvalue weighted by molar-refractivity contribution is 5.85. The van der Waals surface area contributed by atoms with Gasteiger partial charge >= 0.3 is 0 Å². The van der Waals surface area contributed by atoms with Crippen LogP contribution in [-0.2, 0) is 11.2 Å². The summed E-state index contributed by atoms with van der Waals surface area (Å²) in [6.07, 6.45) is 1.18. The molecule has 0 heterocycles. The van der Waals surface area contributed by atoms with Gasteiger partial charge < -0.3 is 15.4 Å². The van der Waals surface area contributed by atoms with Gasteiger partial charge in [-0.1, -0.05) is 18.2 Å². The first-order valence-electron chi connectivity index (χ1n) is 6.23. The normalized spacial score (nSPS) is 11.3. The molecule has 0 radical (unpaired) electrons. The van der Waals surface area contributed by atoms with Crippen LogP contribution in [0.25, 0.3) is 0 Å². The molecule has 0 saturated carbocycles. The van der Waals surface area contributed by atoms with Crippen molar-refractivity contribution in [3.63, 3.8) is 0 Å². The number of halogens is 1. The molecule has 1 amide bonds. The Bertz CT molecular complexity index is 385. The molecule has 0 bridgehead atoms. The number of aryl methyl sites for hydroxylation is 1. The Hall–Kier alpha value is -1.26. The minimum Gasteiger partial charge on any atom is -0.496 e. The fourth-order valence-corrected chi connectivity index (χ4v) is 1.62. The molecular formula is C14H23ClN2O2. The highest BCUT2D eigenvalue weighted by atomic mass is 35.5. The topological polar surface area (TPSA) is 50.4 Å². The average Bonchev–Trinajstić information content (AvgIpc) is 2.42. The van der Waals surface area contributed by atoms with E-state index in [0.717, 1.165) is 11.3 Å². The molecule has 4 nitrogen and oxygen atoms in total. The molecule has 0 fully saturated rings. The number of benzene rings is 1. The van der Waals surface area contributed by atoms with Crippen LogP contribution in [-0.4, -0.2) is 32.7 Å². The zero-order valence-electron chi connectivity index (χ0n) is 11.7. The molecule has 0 aliphatic heterocycles. The van der Waals surface area contributed by atoms with E-state index in [9.17, 15) is 4.79 Å². The van der Waals surface area contributed by atoms with Crippen LogP contribution in [0, 0.1) is 0 Å². The molecule has 19 heavy (non-hydrogen) atoms. The molecular weight excluding hydrogens is 264 g/mol. The molecule has 0 aliphatic rings. The Balaban J connectivity index is 0.00000324. The van der Waals surface area contributed by atoms with Crippen molar-refractivity contribution in [2.24, 2.45) is 0 Å². The number of nitrogens with one attached hydrogen (secondary N) is 2. The van der Waals surface area contributed by atoms with Crippen molar-refractivity contribution < 1.29 is 9.53 Å². The van der Waals surface area contributed by atoms with Crippen LogP contribution in [0.5, 0.6) is 5.75 Å². The Morgan fingerprint density at radius 3 is 2.68 bits per heavy atom. The van der Waals surface area contributed by atoms with Gasteiger partial charge in [-0.05, 0) is 32.0 Å². The summed E-state index contributed by atoms with van der Waals surface area (Å²) in [6.45, 7) is 2.68. The van der Waals surface area contributed by atoms with Gasteiger partial charge in [0.05, 0.1) is 7.11 Å². The minimum atomic E-state index is 0. The molecule has 0 saturated heterocycles. The van der Waals surface area contributed by atoms with E-state index in [0.29, 0.717) is 25.4 Å². The van der Waals surface area contributed by atoms with E-state index < -0.39 is 0 Å². The Morgan fingerprint density at radius 1 is 1.37 bits per heavy atom. The monoisotopic (exact) mass is 286 g/mol. The number of carbonyl (C=O) groups excluding carboxylic acids is 1. The van der Waals surface area contributed by atoms with E-state index in [1.165, 1.54) is 0 Å². The highest BCUT2D eigenvalue weighted by Gasteiger charge is 2.06. The molecule has 2 N–H and O–H groups in total. The van der Waals surface area contributed by atoms with Crippen molar-refractivity contribution in [2.45, 2.75) is 25.8 Å². The second-order valence-corrected chi connectivity index (χ2v) is 4.31. The van der Waals surface area contributed by atoms with Crippen molar-refractivity contribution in [2.75, 3.05) is 20.7 Å². The van der Waals surface area contributed by atoms with Gasteiger partial charge in [-0.15, -0.1) is 12.4 Å². The van der Waals surface area contributed by atoms with Crippen LogP contribution in [0.3, 0.4) is 0 Å².